The number of esters is 1. The number of anilines is 1. The van der Waals surface area contributed by atoms with Crippen molar-refractivity contribution < 1.29 is 19.2 Å². The van der Waals surface area contributed by atoms with Gasteiger partial charge < -0.3 is 9.64 Å². The first-order valence-electron chi connectivity index (χ1n) is 9.68. The van der Waals surface area contributed by atoms with Crippen LogP contribution in [-0.4, -0.2) is 36.4 Å². The molecule has 1 aliphatic rings. The molecule has 0 bridgehead atoms. The zero-order valence-corrected chi connectivity index (χ0v) is 16.6. The van der Waals surface area contributed by atoms with E-state index in [-0.39, 0.29) is 17.0 Å². The van der Waals surface area contributed by atoms with E-state index in [9.17, 15) is 19.7 Å². The number of nitro benzene ring substituents is 1. The summed E-state index contributed by atoms with van der Waals surface area (Å²) in [6.45, 7) is 4.96. The van der Waals surface area contributed by atoms with Crippen molar-refractivity contribution in [1.82, 2.24) is 0 Å². The molecule has 1 saturated heterocycles. The maximum Gasteiger partial charge on any atom is 0.338 e. The lowest BCUT2D eigenvalue weighted by Crippen LogP contribution is -2.30. The summed E-state index contributed by atoms with van der Waals surface area (Å²) in [7, 11) is 0. The highest BCUT2D eigenvalue weighted by molar-refractivity contribution is 5.99. The van der Waals surface area contributed by atoms with Crippen LogP contribution in [0.4, 0.5) is 11.4 Å². The lowest BCUT2D eigenvalue weighted by molar-refractivity contribution is -0.384. The molecule has 1 heterocycles. The molecule has 2 aromatic carbocycles. The standard InChI is InChI=1S/C22H24N2O5/c1-15-6-7-17(12-16(15)2)21(25)14-29-22(26)18-8-9-19(20(13-18)24(27)28)23-10-4-3-5-11-23/h6-9,12-13H,3-5,10-11,14H2,1-2H3. The predicted octanol–water partition coefficient (Wildman–Crippen LogP) is 4.24. The van der Waals surface area contributed by atoms with E-state index >= 15 is 0 Å². The Kier molecular flexibility index (Phi) is 6.26. The van der Waals surface area contributed by atoms with Gasteiger partial charge in [-0.2, -0.15) is 0 Å². The molecule has 0 N–H and O–H groups in total. The SMILES string of the molecule is Cc1ccc(C(=O)COC(=O)c2ccc(N3CCCCC3)c([N+](=O)[O-])c2)cc1C. The second-order valence-electron chi connectivity index (χ2n) is 7.31. The van der Waals surface area contributed by atoms with Gasteiger partial charge in [-0.3, -0.25) is 14.9 Å². The van der Waals surface area contributed by atoms with Crippen LogP contribution in [0, 0.1) is 24.0 Å². The quantitative estimate of drug-likeness (QED) is 0.314. The molecule has 1 fully saturated rings. The number of benzene rings is 2. The smallest absolute Gasteiger partial charge is 0.338 e. The number of piperidine rings is 1. The molecule has 3 rings (SSSR count). The van der Waals surface area contributed by atoms with Gasteiger partial charge in [-0.25, -0.2) is 4.79 Å². The number of ether oxygens (including phenoxy) is 1. The van der Waals surface area contributed by atoms with Crippen LogP contribution in [0.15, 0.2) is 36.4 Å². The van der Waals surface area contributed by atoms with Crippen molar-refractivity contribution in [3.63, 3.8) is 0 Å². The number of nitrogens with zero attached hydrogens (tertiary/aromatic N) is 2. The minimum atomic E-state index is -0.754. The van der Waals surface area contributed by atoms with E-state index in [1.165, 1.54) is 12.1 Å². The van der Waals surface area contributed by atoms with Crippen LogP contribution in [-0.2, 0) is 4.74 Å². The van der Waals surface area contributed by atoms with E-state index in [2.05, 4.69) is 0 Å². The summed E-state index contributed by atoms with van der Waals surface area (Å²) in [5.74, 6) is -1.07. The lowest BCUT2D eigenvalue weighted by atomic mass is 10.0. The van der Waals surface area contributed by atoms with Gasteiger partial charge in [-0.15, -0.1) is 0 Å². The Balaban J connectivity index is 1.71. The average molecular weight is 396 g/mol. The molecular formula is C22H24N2O5. The van der Waals surface area contributed by atoms with Crippen LogP contribution < -0.4 is 4.90 Å². The highest BCUT2D eigenvalue weighted by Gasteiger charge is 2.24. The molecule has 0 amide bonds. The van der Waals surface area contributed by atoms with Crippen LogP contribution in [0.2, 0.25) is 0 Å². The van der Waals surface area contributed by atoms with Crippen LogP contribution in [0.25, 0.3) is 0 Å². The van der Waals surface area contributed by atoms with E-state index in [1.807, 2.05) is 24.8 Å². The fraction of sp³-hybridized carbons (Fsp3) is 0.364. The molecule has 0 aliphatic carbocycles. The van der Waals surface area contributed by atoms with E-state index in [1.54, 1.807) is 18.2 Å². The van der Waals surface area contributed by atoms with Crippen LogP contribution in [0.1, 0.15) is 51.1 Å². The number of hydrogen-bond donors (Lipinski definition) is 0. The second-order valence-corrected chi connectivity index (χ2v) is 7.31. The Morgan fingerprint density at radius 1 is 1.00 bits per heavy atom. The molecular weight excluding hydrogens is 372 g/mol. The number of carbonyl (C=O) groups excluding carboxylic acids is 2. The molecule has 152 valence electrons. The molecule has 0 unspecified atom stereocenters. The monoisotopic (exact) mass is 396 g/mol. The first-order chi connectivity index (χ1) is 13.9. The van der Waals surface area contributed by atoms with Crippen LogP contribution in [0.3, 0.4) is 0 Å². The number of Topliss-reactive ketones (excluding diaryl/α,β-unsaturated/α-hetero) is 1. The topological polar surface area (TPSA) is 89.8 Å². The fourth-order valence-electron chi connectivity index (χ4n) is 3.41. The molecule has 1 aliphatic heterocycles. The number of aryl methyl sites for hydroxylation is 2. The van der Waals surface area contributed by atoms with Gasteiger partial charge in [-0.05, 0) is 62.4 Å². The Hall–Kier alpha value is -3.22. The van der Waals surface area contributed by atoms with Crippen molar-refractivity contribution in [2.75, 3.05) is 24.6 Å². The molecule has 2 aromatic rings. The highest BCUT2D eigenvalue weighted by Crippen LogP contribution is 2.31. The van der Waals surface area contributed by atoms with E-state index in [4.69, 9.17) is 4.74 Å². The number of rotatable bonds is 6. The van der Waals surface area contributed by atoms with Gasteiger partial charge in [0.15, 0.2) is 12.4 Å². The summed E-state index contributed by atoms with van der Waals surface area (Å²) >= 11 is 0. The Morgan fingerprint density at radius 3 is 2.34 bits per heavy atom. The minimum absolute atomic E-state index is 0.0605. The minimum Gasteiger partial charge on any atom is -0.454 e. The molecule has 0 radical (unpaired) electrons. The Bertz CT molecular complexity index is 948. The average Bonchev–Trinajstić information content (AvgIpc) is 2.73. The third kappa shape index (κ3) is 4.80. The maximum atomic E-state index is 12.4. The van der Waals surface area contributed by atoms with Gasteiger partial charge in [-0.1, -0.05) is 12.1 Å². The van der Waals surface area contributed by atoms with Crippen LogP contribution >= 0.6 is 0 Å². The van der Waals surface area contributed by atoms with E-state index < -0.39 is 17.5 Å². The molecule has 0 saturated carbocycles. The third-order valence-corrected chi connectivity index (χ3v) is 5.27. The van der Waals surface area contributed by atoms with Crippen LogP contribution in [0.5, 0.6) is 0 Å². The van der Waals surface area contributed by atoms with Crippen molar-refractivity contribution in [3.05, 3.63) is 68.8 Å². The van der Waals surface area contributed by atoms with Gasteiger partial charge in [0.2, 0.25) is 0 Å². The van der Waals surface area contributed by atoms with Gasteiger partial charge in [0.1, 0.15) is 5.69 Å². The van der Waals surface area contributed by atoms with Crippen molar-refractivity contribution >= 4 is 23.1 Å². The number of carbonyl (C=O) groups is 2. The second kappa shape index (κ2) is 8.86. The van der Waals surface area contributed by atoms with Crippen molar-refractivity contribution in [3.8, 4) is 0 Å². The Morgan fingerprint density at radius 2 is 1.69 bits per heavy atom. The predicted molar refractivity (Wildman–Crippen MR) is 110 cm³/mol. The first-order valence-corrected chi connectivity index (χ1v) is 9.68. The van der Waals surface area contributed by atoms with Crippen molar-refractivity contribution in [2.24, 2.45) is 0 Å². The van der Waals surface area contributed by atoms with Gasteiger partial charge in [0, 0.05) is 24.7 Å². The van der Waals surface area contributed by atoms with E-state index in [0.717, 1.165) is 43.5 Å². The molecule has 0 atom stereocenters. The normalized spacial score (nSPS) is 13.8. The highest BCUT2D eigenvalue weighted by atomic mass is 16.6. The van der Waals surface area contributed by atoms with Crippen molar-refractivity contribution in [2.45, 2.75) is 33.1 Å². The van der Waals surface area contributed by atoms with Gasteiger partial charge in [0.25, 0.3) is 5.69 Å². The third-order valence-electron chi connectivity index (χ3n) is 5.27. The maximum absolute atomic E-state index is 12.4. The summed E-state index contributed by atoms with van der Waals surface area (Å²) in [5.41, 5.74) is 2.96. The number of hydrogen-bond acceptors (Lipinski definition) is 6. The van der Waals surface area contributed by atoms with E-state index in [0.29, 0.717) is 11.3 Å². The Labute approximate surface area is 169 Å². The number of ketones is 1. The van der Waals surface area contributed by atoms with Gasteiger partial charge in [0.05, 0.1) is 10.5 Å². The summed E-state index contributed by atoms with van der Waals surface area (Å²) < 4.78 is 5.11. The summed E-state index contributed by atoms with van der Waals surface area (Å²) in [4.78, 5) is 37.7. The zero-order chi connectivity index (χ0) is 21.0. The van der Waals surface area contributed by atoms with Crippen molar-refractivity contribution in [1.29, 1.82) is 0 Å². The summed E-state index contributed by atoms with van der Waals surface area (Å²) in [5, 5.41) is 11.5. The molecule has 7 heteroatoms. The zero-order valence-electron chi connectivity index (χ0n) is 16.6. The fourth-order valence-corrected chi connectivity index (χ4v) is 3.41. The lowest BCUT2D eigenvalue weighted by Gasteiger charge is -2.28. The largest absolute Gasteiger partial charge is 0.454 e. The van der Waals surface area contributed by atoms with Gasteiger partial charge >= 0.3 is 5.97 Å². The summed E-state index contributed by atoms with van der Waals surface area (Å²) in [6, 6.07) is 9.62. The molecule has 0 spiro atoms. The molecule has 29 heavy (non-hydrogen) atoms. The number of nitro groups is 1. The molecule has 0 aromatic heterocycles. The first kappa shape index (κ1) is 20.5. The summed E-state index contributed by atoms with van der Waals surface area (Å²) in [6.07, 6.45) is 3.09. The molecule has 7 nitrogen and oxygen atoms in total.